The maximum atomic E-state index is 12.4. The molecular weight excluding hydrogens is 274 g/mol. The molecule has 0 bridgehead atoms. The molecule has 2 atom stereocenters. The predicted octanol–water partition coefficient (Wildman–Crippen LogP) is 2.93. The molecule has 0 saturated heterocycles. The molecule has 0 fully saturated rings. The van der Waals surface area contributed by atoms with Crippen LogP contribution in [0.4, 0.5) is 0 Å². The molecule has 0 spiro atoms. The summed E-state index contributed by atoms with van der Waals surface area (Å²) in [5.41, 5.74) is 1.10. The monoisotopic (exact) mass is 295 g/mol. The van der Waals surface area contributed by atoms with E-state index in [2.05, 4.69) is 5.32 Å². The molecule has 4 nitrogen and oxygen atoms in total. The van der Waals surface area contributed by atoms with Crippen molar-refractivity contribution < 1.29 is 14.7 Å². The molecular formula is C15H21NO3S. The second-order valence-corrected chi connectivity index (χ2v) is 6.29. The minimum absolute atomic E-state index is 0.132. The Labute approximate surface area is 123 Å². The third-order valence-electron chi connectivity index (χ3n) is 3.83. The average molecular weight is 295 g/mol. The van der Waals surface area contributed by atoms with Crippen molar-refractivity contribution in [2.24, 2.45) is 0 Å². The van der Waals surface area contributed by atoms with E-state index in [9.17, 15) is 14.7 Å². The summed E-state index contributed by atoms with van der Waals surface area (Å²) in [5, 5.41) is 13.9. The van der Waals surface area contributed by atoms with E-state index in [0.29, 0.717) is 6.42 Å². The van der Waals surface area contributed by atoms with Gasteiger partial charge in [-0.15, -0.1) is 11.3 Å². The summed E-state index contributed by atoms with van der Waals surface area (Å²) in [7, 11) is 0. The van der Waals surface area contributed by atoms with Gasteiger partial charge in [-0.1, -0.05) is 19.8 Å². The summed E-state index contributed by atoms with van der Waals surface area (Å²) < 4.78 is 0. The maximum absolute atomic E-state index is 12.4. The second-order valence-electron chi connectivity index (χ2n) is 5.29. The van der Waals surface area contributed by atoms with Gasteiger partial charge in [-0.25, -0.2) is 4.79 Å². The quantitative estimate of drug-likeness (QED) is 0.848. The number of nitrogens with one attached hydrogen (secondary N) is 1. The lowest BCUT2D eigenvalue weighted by atomic mass is 9.87. The normalized spacial score (nSPS) is 19.1. The molecule has 0 aromatic carbocycles. The number of aryl methyl sites for hydroxylation is 1. The van der Waals surface area contributed by atoms with Crippen LogP contribution in [0.15, 0.2) is 11.4 Å². The Kier molecular flexibility index (Phi) is 5.17. The van der Waals surface area contributed by atoms with Crippen molar-refractivity contribution in [2.45, 2.75) is 57.4 Å². The predicted molar refractivity (Wildman–Crippen MR) is 79.1 cm³/mol. The number of carboxylic acid groups (broad SMARTS) is 1. The minimum atomic E-state index is -0.937. The van der Waals surface area contributed by atoms with Gasteiger partial charge in [-0.05, 0) is 42.7 Å². The van der Waals surface area contributed by atoms with Crippen LogP contribution in [0.25, 0.3) is 0 Å². The topological polar surface area (TPSA) is 66.4 Å². The molecule has 0 saturated carbocycles. The minimum Gasteiger partial charge on any atom is -0.480 e. The summed E-state index contributed by atoms with van der Waals surface area (Å²) in [4.78, 5) is 24.8. The molecule has 2 N–H and O–H groups in total. The highest BCUT2D eigenvalue weighted by Crippen LogP contribution is 2.35. The van der Waals surface area contributed by atoms with E-state index in [1.54, 1.807) is 11.3 Å². The first kappa shape index (κ1) is 15.0. The number of rotatable bonds is 6. The maximum Gasteiger partial charge on any atom is 0.326 e. The van der Waals surface area contributed by atoms with E-state index in [-0.39, 0.29) is 11.8 Å². The number of carbonyl (C=O) groups is 2. The van der Waals surface area contributed by atoms with Crippen molar-refractivity contribution in [1.82, 2.24) is 5.32 Å². The number of hydrogen-bond acceptors (Lipinski definition) is 3. The molecule has 1 aromatic heterocycles. The van der Waals surface area contributed by atoms with Crippen LogP contribution in [0.2, 0.25) is 0 Å². The number of unbranched alkanes of at least 4 members (excludes halogenated alkanes) is 1. The number of aliphatic carboxylic acids is 1. The molecule has 2 unspecified atom stereocenters. The van der Waals surface area contributed by atoms with Gasteiger partial charge in [0, 0.05) is 4.88 Å². The Morgan fingerprint density at radius 3 is 3.05 bits per heavy atom. The highest BCUT2D eigenvalue weighted by atomic mass is 32.1. The standard InChI is InChI=1S/C15H21NO3S/c1-2-3-6-12(15(18)19)16-14(17)11-5-4-7-13-10(11)8-9-20-13/h8-9,11-12H,2-7H2,1H3,(H,16,17)(H,18,19). The van der Waals surface area contributed by atoms with Crippen molar-refractivity contribution >= 4 is 23.2 Å². The Morgan fingerprint density at radius 2 is 2.35 bits per heavy atom. The molecule has 0 aliphatic heterocycles. The number of amides is 1. The molecule has 1 aromatic rings. The summed E-state index contributed by atoms with van der Waals surface area (Å²) in [6, 6.07) is 1.25. The van der Waals surface area contributed by atoms with Crippen molar-refractivity contribution in [2.75, 3.05) is 0 Å². The molecule has 20 heavy (non-hydrogen) atoms. The smallest absolute Gasteiger partial charge is 0.326 e. The zero-order chi connectivity index (χ0) is 14.5. The Balaban J connectivity index is 2.03. The van der Waals surface area contributed by atoms with Gasteiger partial charge < -0.3 is 10.4 Å². The SMILES string of the molecule is CCCCC(NC(=O)C1CCCc2sccc21)C(=O)O. The fourth-order valence-corrected chi connectivity index (χ4v) is 3.68. The van der Waals surface area contributed by atoms with E-state index < -0.39 is 12.0 Å². The van der Waals surface area contributed by atoms with Crippen LogP contribution in [-0.4, -0.2) is 23.0 Å². The third kappa shape index (κ3) is 3.39. The molecule has 0 radical (unpaired) electrons. The Bertz CT molecular complexity index is 483. The summed E-state index contributed by atoms with van der Waals surface area (Å²) >= 11 is 1.69. The van der Waals surface area contributed by atoms with Crippen LogP contribution in [0.3, 0.4) is 0 Å². The molecule has 1 amide bonds. The van der Waals surface area contributed by atoms with Gasteiger partial charge in [0.15, 0.2) is 0 Å². The lowest BCUT2D eigenvalue weighted by molar-refractivity contribution is -0.142. The van der Waals surface area contributed by atoms with Crippen LogP contribution in [0.1, 0.15) is 55.4 Å². The van der Waals surface area contributed by atoms with Crippen LogP contribution >= 0.6 is 11.3 Å². The van der Waals surface area contributed by atoms with Crippen LogP contribution < -0.4 is 5.32 Å². The van der Waals surface area contributed by atoms with Gasteiger partial charge in [0.2, 0.25) is 5.91 Å². The number of hydrogen-bond donors (Lipinski definition) is 2. The largest absolute Gasteiger partial charge is 0.480 e. The zero-order valence-electron chi connectivity index (χ0n) is 11.7. The number of thiophene rings is 1. The summed E-state index contributed by atoms with van der Waals surface area (Å²) in [6.07, 6.45) is 5.09. The highest BCUT2D eigenvalue weighted by molar-refractivity contribution is 7.10. The molecule has 1 heterocycles. The number of carbonyl (C=O) groups excluding carboxylic acids is 1. The lowest BCUT2D eigenvalue weighted by Crippen LogP contribution is -2.43. The molecule has 1 aliphatic rings. The number of carboxylic acids is 1. The first-order chi connectivity index (χ1) is 9.63. The van der Waals surface area contributed by atoms with Crippen LogP contribution in [-0.2, 0) is 16.0 Å². The van der Waals surface area contributed by atoms with Gasteiger partial charge in [-0.2, -0.15) is 0 Å². The highest BCUT2D eigenvalue weighted by Gasteiger charge is 2.30. The van der Waals surface area contributed by atoms with E-state index >= 15 is 0 Å². The molecule has 110 valence electrons. The fourth-order valence-electron chi connectivity index (χ4n) is 2.70. The van der Waals surface area contributed by atoms with Gasteiger partial charge in [0.1, 0.15) is 6.04 Å². The van der Waals surface area contributed by atoms with Crippen molar-refractivity contribution in [3.8, 4) is 0 Å². The van der Waals surface area contributed by atoms with E-state index in [1.165, 1.54) is 4.88 Å². The summed E-state index contributed by atoms with van der Waals surface area (Å²) in [6.45, 7) is 2.01. The van der Waals surface area contributed by atoms with E-state index in [4.69, 9.17) is 0 Å². The average Bonchev–Trinajstić information content (AvgIpc) is 2.90. The second kappa shape index (κ2) is 6.88. The van der Waals surface area contributed by atoms with Crippen LogP contribution in [0.5, 0.6) is 0 Å². The summed E-state index contributed by atoms with van der Waals surface area (Å²) in [5.74, 6) is -1.24. The van der Waals surface area contributed by atoms with Gasteiger partial charge in [-0.3, -0.25) is 4.79 Å². The van der Waals surface area contributed by atoms with E-state index in [1.807, 2.05) is 18.4 Å². The zero-order valence-corrected chi connectivity index (χ0v) is 12.5. The Morgan fingerprint density at radius 1 is 1.55 bits per heavy atom. The van der Waals surface area contributed by atoms with Gasteiger partial charge >= 0.3 is 5.97 Å². The van der Waals surface area contributed by atoms with Gasteiger partial charge in [0.25, 0.3) is 0 Å². The molecule has 5 heteroatoms. The van der Waals surface area contributed by atoms with Crippen molar-refractivity contribution in [3.05, 3.63) is 21.9 Å². The van der Waals surface area contributed by atoms with Crippen molar-refractivity contribution in [1.29, 1.82) is 0 Å². The molecule has 2 rings (SSSR count). The van der Waals surface area contributed by atoms with Crippen LogP contribution in [0, 0.1) is 0 Å². The molecule has 1 aliphatic carbocycles. The van der Waals surface area contributed by atoms with E-state index in [0.717, 1.165) is 37.7 Å². The first-order valence-electron chi connectivity index (χ1n) is 7.23. The fraction of sp³-hybridized carbons (Fsp3) is 0.600. The lowest BCUT2D eigenvalue weighted by Gasteiger charge is -2.24. The van der Waals surface area contributed by atoms with Gasteiger partial charge in [0.05, 0.1) is 5.92 Å². The first-order valence-corrected chi connectivity index (χ1v) is 8.11. The third-order valence-corrected chi connectivity index (χ3v) is 4.83. The number of fused-ring (bicyclic) bond motifs is 1. The van der Waals surface area contributed by atoms with Crippen molar-refractivity contribution in [3.63, 3.8) is 0 Å². The Hall–Kier alpha value is -1.36.